The van der Waals surface area contributed by atoms with E-state index in [0.29, 0.717) is 5.56 Å². The van der Waals surface area contributed by atoms with Gasteiger partial charge in [0.1, 0.15) is 0 Å². The fourth-order valence-corrected chi connectivity index (χ4v) is 2.01. The molecule has 1 aromatic rings. The number of carboxylic acids is 1. The lowest BCUT2D eigenvalue weighted by Crippen LogP contribution is -2.23. The van der Waals surface area contributed by atoms with Gasteiger partial charge in [-0.1, -0.05) is 40.0 Å². The highest BCUT2D eigenvalue weighted by Gasteiger charge is 2.16. The van der Waals surface area contributed by atoms with Gasteiger partial charge in [-0.05, 0) is 36.1 Å². The van der Waals surface area contributed by atoms with Crippen LogP contribution in [0.15, 0.2) is 24.3 Å². The van der Waals surface area contributed by atoms with Crippen molar-refractivity contribution in [2.75, 3.05) is 11.9 Å². The van der Waals surface area contributed by atoms with Crippen molar-refractivity contribution in [2.45, 2.75) is 46.5 Å². The number of carbonyl (C=O) groups is 1. The molecule has 19 heavy (non-hydrogen) atoms. The Balaban J connectivity index is 2.44. The summed E-state index contributed by atoms with van der Waals surface area (Å²) in [6, 6.07) is 6.92. The Labute approximate surface area is 116 Å². The highest BCUT2D eigenvalue weighted by Crippen LogP contribution is 2.24. The van der Waals surface area contributed by atoms with Crippen molar-refractivity contribution >= 4 is 11.7 Å². The van der Waals surface area contributed by atoms with Crippen LogP contribution in [0, 0.1) is 5.41 Å². The zero-order chi connectivity index (χ0) is 14.3. The molecular weight excluding hydrogens is 238 g/mol. The van der Waals surface area contributed by atoms with Gasteiger partial charge in [-0.3, -0.25) is 0 Å². The van der Waals surface area contributed by atoms with Crippen LogP contribution in [0.3, 0.4) is 0 Å². The molecule has 0 aliphatic rings. The molecule has 1 rings (SSSR count). The molecule has 0 aromatic heterocycles. The fraction of sp³-hybridized carbons (Fsp3) is 0.562. The molecular formula is C16H25NO2. The van der Waals surface area contributed by atoms with Gasteiger partial charge in [0.15, 0.2) is 0 Å². The number of nitrogens with one attached hydrogen (secondary N) is 1. The van der Waals surface area contributed by atoms with Crippen molar-refractivity contribution in [1.82, 2.24) is 0 Å². The van der Waals surface area contributed by atoms with E-state index in [2.05, 4.69) is 26.1 Å². The lowest BCUT2D eigenvalue weighted by atomic mass is 9.87. The average Bonchev–Trinajstić information content (AvgIpc) is 2.37. The summed E-state index contributed by atoms with van der Waals surface area (Å²) in [7, 11) is 0. The summed E-state index contributed by atoms with van der Waals surface area (Å²) in [5.41, 5.74) is 1.57. The molecule has 0 fully saturated rings. The van der Waals surface area contributed by atoms with E-state index in [9.17, 15) is 4.79 Å². The van der Waals surface area contributed by atoms with Gasteiger partial charge in [0, 0.05) is 12.2 Å². The second kappa shape index (κ2) is 7.17. The summed E-state index contributed by atoms with van der Waals surface area (Å²) >= 11 is 0. The highest BCUT2D eigenvalue weighted by atomic mass is 16.4. The predicted octanol–water partition coefficient (Wildman–Crippen LogP) is 4.40. The number of carboxylic acid groups (broad SMARTS) is 1. The minimum atomic E-state index is -0.883. The third kappa shape index (κ3) is 5.77. The lowest BCUT2D eigenvalue weighted by molar-refractivity contribution is 0.0697. The number of hydrogen-bond acceptors (Lipinski definition) is 2. The number of anilines is 1. The van der Waals surface area contributed by atoms with E-state index in [4.69, 9.17) is 5.11 Å². The van der Waals surface area contributed by atoms with Crippen LogP contribution in [0.25, 0.3) is 0 Å². The van der Waals surface area contributed by atoms with Crippen LogP contribution in [-0.4, -0.2) is 17.6 Å². The maximum Gasteiger partial charge on any atom is 0.335 e. The summed E-state index contributed by atoms with van der Waals surface area (Å²) in [5, 5.41) is 12.2. The van der Waals surface area contributed by atoms with E-state index < -0.39 is 5.97 Å². The molecule has 2 N–H and O–H groups in total. The standard InChI is InChI=1S/C16H25NO2/c1-4-5-6-11-16(2,3)12-17-14-9-7-13(8-10-14)15(18)19/h7-10,17H,4-6,11-12H2,1-3H3,(H,18,19). The number of hydrogen-bond donors (Lipinski definition) is 2. The molecule has 0 saturated heterocycles. The zero-order valence-corrected chi connectivity index (χ0v) is 12.2. The Morgan fingerprint density at radius 3 is 2.37 bits per heavy atom. The first-order chi connectivity index (χ1) is 8.94. The van der Waals surface area contributed by atoms with Gasteiger partial charge >= 0.3 is 5.97 Å². The molecule has 0 heterocycles. The monoisotopic (exact) mass is 263 g/mol. The second-order valence-electron chi connectivity index (χ2n) is 5.86. The smallest absolute Gasteiger partial charge is 0.335 e. The lowest BCUT2D eigenvalue weighted by Gasteiger charge is -2.25. The van der Waals surface area contributed by atoms with Crippen molar-refractivity contribution in [3.05, 3.63) is 29.8 Å². The summed E-state index contributed by atoms with van der Waals surface area (Å²) in [4.78, 5) is 10.8. The summed E-state index contributed by atoms with van der Waals surface area (Å²) in [6.07, 6.45) is 5.01. The molecule has 0 radical (unpaired) electrons. The first kappa shape index (κ1) is 15.5. The highest BCUT2D eigenvalue weighted by molar-refractivity contribution is 5.87. The number of unbranched alkanes of at least 4 members (excludes halogenated alkanes) is 2. The topological polar surface area (TPSA) is 49.3 Å². The quantitative estimate of drug-likeness (QED) is 0.683. The van der Waals surface area contributed by atoms with Gasteiger partial charge in [0.05, 0.1) is 5.56 Å². The van der Waals surface area contributed by atoms with Crippen LogP contribution in [0.4, 0.5) is 5.69 Å². The summed E-state index contributed by atoms with van der Waals surface area (Å²) in [6.45, 7) is 7.65. The molecule has 0 amide bonds. The molecule has 0 unspecified atom stereocenters. The Morgan fingerprint density at radius 1 is 1.21 bits per heavy atom. The molecule has 0 atom stereocenters. The van der Waals surface area contributed by atoms with Gasteiger partial charge in [-0.25, -0.2) is 4.79 Å². The van der Waals surface area contributed by atoms with Gasteiger partial charge in [0.2, 0.25) is 0 Å². The van der Waals surface area contributed by atoms with Crippen molar-refractivity contribution < 1.29 is 9.90 Å². The number of aromatic carboxylic acids is 1. The molecule has 0 aliphatic carbocycles. The Kier molecular flexibility index (Phi) is 5.87. The van der Waals surface area contributed by atoms with Crippen LogP contribution in [0.5, 0.6) is 0 Å². The molecule has 0 saturated carbocycles. The molecule has 0 aliphatic heterocycles. The molecule has 0 bridgehead atoms. The van der Waals surface area contributed by atoms with Crippen molar-refractivity contribution in [3.63, 3.8) is 0 Å². The maximum atomic E-state index is 10.8. The maximum absolute atomic E-state index is 10.8. The van der Waals surface area contributed by atoms with Crippen LogP contribution in [0.2, 0.25) is 0 Å². The van der Waals surface area contributed by atoms with E-state index >= 15 is 0 Å². The number of benzene rings is 1. The van der Waals surface area contributed by atoms with Crippen LogP contribution >= 0.6 is 0 Å². The van der Waals surface area contributed by atoms with Crippen molar-refractivity contribution in [2.24, 2.45) is 5.41 Å². The van der Waals surface area contributed by atoms with E-state index in [1.165, 1.54) is 25.7 Å². The van der Waals surface area contributed by atoms with Crippen LogP contribution in [0.1, 0.15) is 56.8 Å². The first-order valence-corrected chi connectivity index (χ1v) is 7.02. The van der Waals surface area contributed by atoms with E-state index in [0.717, 1.165) is 12.2 Å². The third-order valence-electron chi connectivity index (χ3n) is 3.36. The summed E-state index contributed by atoms with van der Waals surface area (Å²) < 4.78 is 0. The second-order valence-corrected chi connectivity index (χ2v) is 5.86. The SMILES string of the molecule is CCCCCC(C)(C)CNc1ccc(C(=O)O)cc1. The predicted molar refractivity (Wildman–Crippen MR) is 79.8 cm³/mol. The van der Waals surface area contributed by atoms with Gasteiger partial charge in [0.25, 0.3) is 0 Å². The molecule has 106 valence electrons. The Hall–Kier alpha value is -1.51. The Morgan fingerprint density at radius 2 is 1.84 bits per heavy atom. The average molecular weight is 263 g/mol. The molecule has 3 heteroatoms. The van der Waals surface area contributed by atoms with E-state index in [1.807, 2.05) is 12.1 Å². The van der Waals surface area contributed by atoms with Gasteiger partial charge < -0.3 is 10.4 Å². The van der Waals surface area contributed by atoms with Crippen LogP contribution in [-0.2, 0) is 0 Å². The number of rotatable bonds is 8. The largest absolute Gasteiger partial charge is 0.478 e. The normalized spacial score (nSPS) is 11.3. The minimum Gasteiger partial charge on any atom is -0.478 e. The van der Waals surface area contributed by atoms with E-state index in [-0.39, 0.29) is 5.41 Å². The summed E-state index contributed by atoms with van der Waals surface area (Å²) in [5.74, 6) is -0.883. The first-order valence-electron chi connectivity index (χ1n) is 7.02. The zero-order valence-electron chi connectivity index (χ0n) is 12.2. The Bertz CT molecular complexity index is 396. The fourth-order valence-electron chi connectivity index (χ4n) is 2.01. The third-order valence-corrected chi connectivity index (χ3v) is 3.36. The van der Waals surface area contributed by atoms with Crippen LogP contribution < -0.4 is 5.32 Å². The van der Waals surface area contributed by atoms with Crippen molar-refractivity contribution in [3.8, 4) is 0 Å². The van der Waals surface area contributed by atoms with Gasteiger partial charge in [-0.2, -0.15) is 0 Å². The van der Waals surface area contributed by atoms with Gasteiger partial charge in [-0.15, -0.1) is 0 Å². The van der Waals surface area contributed by atoms with Crippen molar-refractivity contribution in [1.29, 1.82) is 0 Å². The minimum absolute atomic E-state index is 0.265. The molecule has 0 spiro atoms. The molecule has 1 aromatic carbocycles. The van der Waals surface area contributed by atoms with E-state index in [1.54, 1.807) is 12.1 Å². The molecule has 3 nitrogen and oxygen atoms in total.